The zero-order valence-corrected chi connectivity index (χ0v) is 15.9. The maximum absolute atomic E-state index is 12.6. The van der Waals surface area contributed by atoms with E-state index in [-0.39, 0.29) is 23.5 Å². The molecule has 2 N–H and O–H groups in total. The van der Waals surface area contributed by atoms with Gasteiger partial charge in [-0.25, -0.2) is 4.98 Å². The summed E-state index contributed by atoms with van der Waals surface area (Å²) in [4.78, 5) is 17.0. The molecule has 1 aliphatic carbocycles. The fraction of sp³-hybridized carbons (Fsp3) is 0.474. The van der Waals surface area contributed by atoms with Gasteiger partial charge in [0.05, 0.1) is 13.2 Å². The first-order valence-corrected chi connectivity index (χ1v) is 9.66. The van der Waals surface area contributed by atoms with Gasteiger partial charge in [0, 0.05) is 35.0 Å². The highest BCUT2D eigenvalue weighted by Gasteiger charge is 2.59. The number of aromatic nitrogens is 1. The highest BCUT2D eigenvalue weighted by molar-refractivity contribution is 7.14. The van der Waals surface area contributed by atoms with Crippen LogP contribution in [0.15, 0.2) is 29.6 Å². The second-order valence-electron chi connectivity index (χ2n) is 7.41. The molecule has 1 aromatic carbocycles. The minimum Gasteiger partial charge on any atom is -0.497 e. The first-order chi connectivity index (χ1) is 12.5. The Labute approximate surface area is 156 Å². The lowest BCUT2D eigenvalue weighted by Gasteiger charge is -2.54. The molecule has 3 atom stereocenters. The van der Waals surface area contributed by atoms with Crippen molar-refractivity contribution in [3.8, 4) is 5.75 Å². The Balaban J connectivity index is 1.40. The molecule has 0 bridgehead atoms. The molecule has 6 nitrogen and oxygen atoms in total. The summed E-state index contributed by atoms with van der Waals surface area (Å²) in [6.07, 6.45) is 1.27. The third kappa shape index (κ3) is 2.95. The number of amides is 1. The smallest absolute Gasteiger partial charge is 0.271 e. The van der Waals surface area contributed by atoms with Crippen molar-refractivity contribution in [3.63, 3.8) is 0 Å². The number of carbonyl (C=O) groups excluding carboxylic acids is 1. The van der Waals surface area contributed by atoms with Gasteiger partial charge in [0.15, 0.2) is 5.13 Å². The van der Waals surface area contributed by atoms with E-state index < -0.39 is 0 Å². The van der Waals surface area contributed by atoms with Crippen molar-refractivity contribution in [1.82, 2.24) is 10.3 Å². The standard InChI is InChI=1S/C19H23N3O3S/c1-19(2)15(13-8-9-25-16(13)19)22-17(23)14-10-26-18(21-14)20-11-4-6-12(24-3)7-5-11/h4-7,10,13,15-16H,8-9H2,1-3H3,(H,20,21)(H,22,23)/t13-,15+,16-/m0/s1. The molecule has 1 amide bonds. The zero-order valence-electron chi connectivity index (χ0n) is 15.1. The number of methoxy groups -OCH3 is 1. The number of thiazole rings is 1. The number of hydrogen-bond donors (Lipinski definition) is 2. The van der Waals surface area contributed by atoms with Crippen LogP contribution in [0.4, 0.5) is 10.8 Å². The first-order valence-electron chi connectivity index (χ1n) is 8.78. The zero-order chi connectivity index (χ0) is 18.3. The molecule has 138 valence electrons. The van der Waals surface area contributed by atoms with Crippen LogP contribution in [0.3, 0.4) is 0 Å². The summed E-state index contributed by atoms with van der Waals surface area (Å²) in [6, 6.07) is 7.72. The van der Waals surface area contributed by atoms with Crippen molar-refractivity contribution in [2.45, 2.75) is 32.4 Å². The molecular weight excluding hydrogens is 350 g/mol. The topological polar surface area (TPSA) is 72.5 Å². The van der Waals surface area contributed by atoms with Crippen LogP contribution in [-0.4, -0.2) is 36.8 Å². The van der Waals surface area contributed by atoms with Crippen molar-refractivity contribution >= 4 is 28.1 Å². The Morgan fingerprint density at radius 1 is 1.35 bits per heavy atom. The maximum Gasteiger partial charge on any atom is 0.271 e. The summed E-state index contributed by atoms with van der Waals surface area (Å²) in [5.74, 6) is 1.10. The summed E-state index contributed by atoms with van der Waals surface area (Å²) >= 11 is 1.42. The number of rotatable bonds is 5. The molecule has 0 unspecified atom stereocenters. The van der Waals surface area contributed by atoms with Gasteiger partial charge in [-0.15, -0.1) is 11.3 Å². The number of fused-ring (bicyclic) bond motifs is 1. The highest BCUT2D eigenvalue weighted by atomic mass is 32.1. The minimum atomic E-state index is -0.118. The molecule has 2 aliphatic rings. The summed E-state index contributed by atoms with van der Waals surface area (Å²) in [7, 11) is 1.64. The van der Waals surface area contributed by atoms with Crippen LogP contribution >= 0.6 is 11.3 Å². The van der Waals surface area contributed by atoms with Gasteiger partial charge in [0.25, 0.3) is 5.91 Å². The summed E-state index contributed by atoms with van der Waals surface area (Å²) < 4.78 is 10.9. The molecule has 2 fully saturated rings. The van der Waals surface area contributed by atoms with Gasteiger partial charge in [-0.1, -0.05) is 13.8 Å². The van der Waals surface area contributed by atoms with E-state index in [1.54, 1.807) is 12.5 Å². The predicted octanol–water partition coefficient (Wildman–Crippen LogP) is 3.44. The normalized spacial score (nSPS) is 25.9. The Kier molecular flexibility index (Phi) is 4.36. The second kappa shape index (κ2) is 6.55. The number of carbonyl (C=O) groups is 1. The van der Waals surface area contributed by atoms with Crippen LogP contribution in [0, 0.1) is 11.3 Å². The van der Waals surface area contributed by atoms with E-state index in [1.807, 2.05) is 24.3 Å². The first kappa shape index (κ1) is 17.3. The van der Waals surface area contributed by atoms with Crippen LogP contribution in [0.5, 0.6) is 5.75 Å². The molecule has 7 heteroatoms. The van der Waals surface area contributed by atoms with Gasteiger partial charge >= 0.3 is 0 Å². The number of anilines is 2. The molecule has 1 aliphatic heterocycles. The monoisotopic (exact) mass is 373 g/mol. The maximum atomic E-state index is 12.6. The molecule has 1 saturated heterocycles. The van der Waals surface area contributed by atoms with Gasteiger partial charge < -0.3 is 20.1 Å². The Morgan fingerprint density at radius 3 is 2.85 bits per heavy atom. The number of nitrogens with zero attached hydrogens (tertiary/aromatic N) is 1. The summed E-state index contributed by atoms with van der Waals surface area (Å²) in [5.41, 5.74) is 1.32. The Bertz CT molecular complexity index is 803. The lowest BCUT2D eigenvalue weighted by Crippen LogP contribution is -2.66. The second-order valence-corrected chi connectivity index (χ2v) is 8.27. The van der Waals surface area contributed by atoms with Gasteiger partial charge in [-0.05, 0) is 30.7 Å². The SMILES string of the molecule is COc1ccc(Nc2nc(C(=O)N[C@@H]3[C@@H]4CCO[C@@H]4C3(C)C)cs2)cc1. The molecule has 2 heterocycles. The van der Waals surface area contributed by atoms with Crippen molar-refractivity contribution < 1.29 is 14.3 Å². The predicted molar refractivity (Wildman–Crippen MR) is 101 cm³/mol. The number of nitrogens with one attached hydrogen (secondary N) is 2. The van der Waals surface area contributed by atoms with E-state index in [0.29, 0.717) is 16.7 Å². The Morgan fingerprint density at radius 2 is 2.12 bits per heavy atom. The third-order valence-corrected chi connectivity index (χ3v) is 6.22. The van der Waals surface area contributed by atoms with E-state index in [9.17, 15) is 4.79 Å². The van der Waals surface area contributed by atoms with Gasteiger partial charge in [-0.2, -0.15) is 0 Å². The quantitative estimate of drug-likeness (QED) is 0.840. The van der Waals surface area contributed by atoms with Gasteiger partial charge in [0.2, 0.25) is 0 Å². The summed E-state index contributed by atoms with van der Waals surface area (Å²) in [5, 5.41) is 8.86. The molecule has 2 aromatic rings. The lowest BCUT2D eigenvalue weighted by molar-refractivity contribution is -0.108. The lowest BCUT2D eigenvalue weighted by atomic mass is 9.57. The molecule has 1 saturated carbocycles. The van der Waals surface area contributed by atoms with E-state index in [4.69, 9.17) is 9.47 Å². The van der Waals surface area contributed by atoms with Crippen LogP contribution in [0.2, 0.25) is 0 Å². The molecule has 0 spiro atoms. The Hall–Kier alpha value is -2.12. The summed E-state index contributed by atoms with van der Waals surface area (Å²) in [6.45, 7) is 5.10. The fourth-order valence-corrected chi connectivity index (χ4v) is 4.78. The van der Waals surface area contributed by atoms with Crippen LogP contribution in [-0.2, 0) is 4.74 Å². The molecule has 4 rings (SSSR count). The van der Waals surface area contributed by atoms with E-state index in [2.05, 4.69) is 29.5 Å². The van der Waals surface area contributed by atoms with E-state index in [0.717, 1.165) is 24.5 Å². The number of ether oxygens (including phenoxy) is 2. The molecular formula is C19H23N3O3S. The largest absolute Gasteiger partial charge is 0.497 e. The van der Waals surface area contributed by atoms with Crippen LogP contribution in [0.1, 0.15) is 30.8 Å². The fourth-order valence-electron chi connectivity index (χ4n) is 4.07. The number of hydrogen-bond acceptors (Lipinski definition) is 6. The third-order valence-electron chi connectivity index (χ3n) is 5.47. The van der Waals surface area contributed by atoms with Crippen molar-refractivity contribution in [1.29, 1.82) is 0 Å². The van der Waals surface area contributed by atoms with Crippen molar-refractivity contribution in [2.75, 3.05) is 19.0 Å². The average Bonchev–Trinajstić information content (AvgIpc) is 3.28. The van der Waals surface area contributed by atoms with E-state index in [1.165, 1.54) is 11.3 Å². The molecule has 0 radical (unpaired) electrons. The van der Waals surface area contributed by atoms with Gasteiger partial charge in [0.1, 0.15) is 11.4 Å². The van der Waals surface area contributed by atoms with Crippen LogP contribution < -0.4 is 15.4 Å². The molecule has 26 heavy (non-hydrogen) atoms. The molecule has 1 aromatic heterocycles. The van der Waals surface area contributed by atoms with Gasteiger partial charge in [-0.3, -0.25) is 4.79 Å². The average molecular weight is 373 g/mol. The van der Waals surface area contributed by atoms with Crippen LogP contribution in [0.25, 0.3) is 0 Å². The minimum absolute atomic E-state index is 0.0307. The van der Waals surface area contributed by atoms with Crippen molar-refractivity contribution in [3.05, 3.63) is 35.3 Å². The van der Waals surface area contributed by atoms with Crippen molar-refractivity contribution in [2.24, 2.45) is 11.3 Å². The van der Waals surface area contributed by atoms with E-state index >= 15 is 0 Å². The number of benzene rings is 1. The highest BCUT2D eigenvalue weighted by Crippen LogP contribution is 2.52.